The summed E-state index contributed by atoms with van der Waals surface area (Å²) in [5, 5.41) is 9.46. The van der Waals surface area contributed by atoms with Gasteiger partial charge in [-0.1, -0.05) is 18.2 Å². The Morgan fingerprint density at radius 1 is 1.24 bits per heavy atom. The Bertz CT molecular complexity index is 634. The molecule has 0 bridgehead atoms. The van der Waals surface area contributed by atoms with E-state index in [2.05, 4.69) is 36.1 Å². The topological polar surface area (TPSA) is 53.0 Å². The first kappa shape index (κ1) is 16.9. The molecule has 136 valence electrons. The molecule has 1 saturated carbocycles. The van der Waals surface area contributed by atoms with Gasteiger partial charge in [-0.2, -0.15) is 0 Å². The average molecular weight is 344 g/mol. The number of aliphatic hydroxyl groups excluding tert-OH is 1. The summed E-state index contributed by atoms with van der Waals surface area (Å²) in [7, 11) is 0. The fourth-order valence-corrected chi connectivity index (χ4v) is 4.56. The van der Waals surface area contributed by atoms with Gasteiger partial charge in [-0.3, -0.25) is 4.79 Å². The second-order valence-electron chi connectivity index (χ2n) is 7.59. The van der Waals surface area contributed by atoms with Crippen LogP contribution >= 0.6 is 0 Å². The summed E-state index contributed by atoms with van der Waals surface area (Å²) in [5.41, 5.74) is 2.29. The van der Waals surface area contributed by atoms with Gasteiger partial charge in [-0.05, 0) is 38.7 Å². The maximum atomic E-state index is 12.6. The molecule has 3 aliphatic rings. The molecule has 5 heteroatoms. The first-order valence-electron chi connectivity index (χ1n) is 9.58. The second kappa shape index (κ2) is 6.61. The fourth-order valence-electron chi connectivity index (χ4n) is 4.56. The number of likely N-dealkylation sites (tertiary alicyclic amines) is 1. The molecule has 25 heavy (non-hydrogen) atoms. The number of fused-ring (bicyclic) bond motifs is 2. The van der Waals surface area contributed by atoms with E-state index in [0.29, 0.717) is 12.8 Å². The molecule has 1 amide bonds. The van der Waals surface area contributed by atoms with Gasteiger partial charge >= 0.3 is 0 Å². The van der Waals surface area contributed by atoms with E-state index in [1.807, 2.05) is 4.90 Å². The molecule has 5 nitrogen and oxygen atoms in total. The Balaban J connectivity index is 1.52. The number of aliphatic hydroxyl groups is 1. The number of carbonyl (C=O) groups excluding carboxylic acids is 1. The second-order valence-corrected chi connectivity index (χ2v) is 7.59. The van der Waals surface area contributed by atoms with Crippen LogP contribution in [-0.2, 0) is 15.1 Å². The molecule has 1 aliphatic carbocycles. The average Bonchev–Trinajstić information content (AvgIpc) is 2.77. The molecular weight excluding hydrogens is 316 g/mol. The highest BCUT2D eigenvalue weighted by Crippen LogP contribution is 2.43. The van der Waals surface area contributed by atoms with Crippen LogP contribution in [0.3, 0.4) is 0 Å². The van der Waals surface area contributed by atoms with E-state index in [-0.39, 0.29) is 23.5 Å². The highest BCUT2D eigenvalue weighted by atomic mass is 16.5. The Hall–Kier alpha value is -1.59. The molecule has 1 aromatic rings. The van der Waals surface area contributed by atoms with Crippen LogP contribution in [0, 0.1) is 5.92 Å². The molecule has 0 atom stereocenters. The van der Waals surface area contributed by atoms with E-state index in [1.165, 1.54) is 11.3 Å². The summed E-state index contributed by atoms with van der Waals surface area (Å²) in [6, 6.07) is 8.59. The molecule has 1 N–H and O–H groups in total. The van der Waals surface area contributed by atoms with E-state index in [1.54, 1.807) is 0 Å². The molecule has 2 fully saturated rings. The predicted molar refractivity (Wildman–Crippen MR) is 96.5 cm³/mol. The molecular formula is C20H28N2O3. The van der Waals surface area contributed by atoms with Gasteiger partial charge in [0, 0.05) is 43.3 Å². The van der Waals surface area contributed by atoms with Crippen LogP contribution in [0.1, 0.15) is 38.2 Å². The standard InChI is InChI=1S/C20H28N2O3/c1-2-21-11-12-25-20(17-5-3-4-6-18(17)21)7-9-22(10-8-20)19(24)15-13-16(23)14-15/h3-6,15-16,23H,2,7-14H2,1H3. The van der Waals surface area contributed by atoms with Gasteiger partial charge in [-0.15, -0.1) is 0 Å². The quantitative estimate of drug-likeness (QED) is 0.893. The molecule has 2 aliphatic heterocycles. The number of hydrogen-bond acceptors (Lipinski definition) is 4. The van der Waals surface area contributed by atoms with Gasteiger partial charge in [0.25, 0.3) is 0 Å². The molecule has 1 spiro atoms. The Morgan fingerprint density at radius 3 is 2.64 bits per heavy atom. The minimum atomic E-state index is -0.276. The maximum Gasteiger partial charge on any atom is 0.225 e. The van der Waals surface area contributed by atoms with Crippen molar-refractivity contribution in [2.75, 3.05) is 37.7 Å². The zero-order valence-corrected chi connectivity index (χ0v) is 15.0. The summed E-state index contributed by atoms with van der Waals surface area (Å²) >= 11 is 0. The normalized spacial score (nSPS) is 28.2. The van der Waals surface area contributed by atoms with Crippen LogP contribution in [-0.4, -0.2) is 54.8 Å². The summed E-state index contributed by atoms with van der Waals surface area (Å²) in [6.07, 6.45) is 2.68. The van der Waals surface area contributed by atoms with Crippen molar-refractivity contribution in [1.29, 1.82) is 0 Å². The number of nitrogens with zero attached hydrogens (tertiary/aromatic N) is 2. The van der Waals surface area contributed by atoms with Crippen molar-refractivity contribution in [3.63, 3.8) is 0 Å². The van der Waals surface area contributed by atoms with Gasteiger partial charge < -0.3 is 19.6 Å². The Morgan fingerprint density at radius 2 is 1.96 bits per heavy atom. The molecule has 1 saturated heterocycles. The number of benzene rings is 1. The lowest BCUT2D eigenvalue weighted by Crippen LogP contribution is -2.50. The third kappa shape index (κ3) is 2.93. The number of para-hydroxylation sites is 1. The molecule has 2 heterocycles. The molecule has 4 rings (SSSR count). The number of hydrogen-bond donors (Lipinski definition) is 1. The van der Waals surface area contributed by atoms with E-state index in [0.717, 1.165) is 45.6 Å². The van der Waals surface area contributed by atoms with Crippen molar-refractivity contribution >= 4 is 11.6 Å². The van der Waals surface area contributed by atoms with E-state index in [9.17, 15) is 9.90 Å². The Labute approximate surface area is 149 Å². The van der Waals surface area contributed by atoms with Crippen molar-refractivity contribution in [1.82, 2.24) is 4.90 Å². The third-order valence-corrected chi connectivity index (χ3v) is 6.20. The molecule has 0 radical (unpaired) electrons. The van der Waals surface area contributed by atoms with Crippen LogP contribution in [0.15, 0.2) is 24.3 Å². The number of piperidine rings is 1. The lowest BCUT2D eigenvalue weighted by Gasteiger charge is -2.44. The van der Waals surface area contributed by atoms with Gasteiger partial charge in [-0.25, -0.2) is 0 Å². The number of anilines is 1. The number of carbonyl (C=O) groups is 1. The van der Waals surface area contributed by atoms with E-state index >= 15 is 0 Å². The summed E-state index contributed by atoms with van der Waals surface area (Å²) in [6.45, 7) is 6.29. The summed E-state index contributed by atoms with van der Waals surface area (Å²) < 4.78 is 6.42. The largest absolute Gasteiger partial charge is 0.393 e. The van der Waals surface area contributed by atoms with Crippen LogP contribution in [0.5, 0.6) is 0 Å². The summed E-state index contributed by atoms with van der Waals surface area (Å²) in [4.78, 5) is 16.9. The van der Waals surface area contributed by atoms with Gasteiger partial charge in [0.1, 0.15) is 0 Å². The van der Waals surface area contributed by atoms with Gasteiger partial charge in [0.05, 0.1) is 18.3 Å². The van der Waals surface area contributed by atoms with Crippen LogP contribution in [0.4, 0.5) is 5.69 Å². The minimum absolute atomic E-state index is 0.0296. The number of amides is 1. The highest BCUT2D eigenvalue weighted by molar-refractivity contribution is 5.80. The number of ether oxygens (including phenoxy) is 1. The maximum absolute atomic E-state index is 12.6. The highest BCUT2D eigenvalue weighted by Gasteiger charge is 2.44. The van der Waals surface area contributed by atoms with E-state index in [4.69, 9.17) is 4.74 Å². The van der Waals surface area contributed by atoms with Crippen molar-refractivity contribution in [2.45, 2.75) is 44.3 Å². The van der Waals surface area contributed by atoms with Crippen molar-refractivity contribution in [2.24, 2.45) is 5.92 Å². The van der Waals surface area contributed by atoms with Crippen molar-refractivity contribution in [3.8, 4) is 0 Å². The first-order valence-corrected chi connectivity index (χ1v) is 9.58. The van der Waals surface area contributed by atoms with Crippen molar-refractivity contribution < 1.29 is 14.6 Å². The van der Waals surface area contributed by atoms with E-state index < -0.39 is 0 Å². The van der Waals surface area contributed by atoms with Crippen molar-refractivity contribution in [3.05, 3.63) is 29.8 Å². The minimum Gasteiger partial charge on any atom is -0.393 e. The predicted octanol–water partition coefficient (Wildman–Crippen LogP) is 2.13. The molecule has 0 aromatic heterocycles. The zero-order valence-electron chi connectivity index (χ0n) is 15.0. The smallest absolute Gasteiger partial charge is 0.225 e. The van der Waals surface area contributed by atoms with Crippen LogP contribution < -0.4 is 4.90 Å². The SMILES string of the molecule is CCN1CCOC2(CCN(C(=O)C3CC(O)C3)CC2)c2ccccc21. The fraction of sp³-hybridized carbons (Fsp3) is 0.650. The van der Waals surface area contributed by atoms with Crippen LogP contribution in [0.2, 0.25) is 0 Å². The van der Waals surface area contributed by atoms with Gasteiger partial charge in [0.2, 0.25) is 5.91 Å². The lowest BCUT2D eigenvalue weighted by molar-refractivity contribution is -0.149. The number of likely N-dealkylation sites (N-methyl/N-ethyl adjacent to an activating group) is 1. The molecule has 1 aromatic carbocycles. The number of rotatable bonds is 2. The monoisotopic (exact) mass is 344 g/mol. The summed E-state index contributed by atoms with van der Waals surface area (Å²) in [5.74, 6) is 0.249. The lowest BCUT2D eigenvalue weighted by atomic mass is 9.79. The Kier molecular flexibility index (Phi) is 4.46. The van der Waals surface area contributed by atoms with Crippen LogP contribution in [0.25, 0.3) is 0 Å². The van der Waals surface area contributed by atoms with Gasteiger partial charge in [0.15, 0.2) is 0 Å². The molecule has 0 unspecified atom stereocenters. The zero-order chi connectivity index (χ0) is 17.4. The third-order valence-electron chi connectivity index (χ3n) is 6.20. The first-order chi connectivity index (χ1) is 12.1.